The van der Waals surface area contributed by atoms with Crippen molar-refractivity contribution in [1.29, 1.82) is 0 Å². The van der Waals surface area contributed by atoms with Gasteiger partial charge in [-0.15, -0.1) is 0 Å². The highest BCUT2D eigenvalue weighted by molar-refractivity contribution is 5.96. The van der Waals surface area contributed by atoms with E-state index in [-0.39, 0.29) is 55.7 Å². The van der Waals surface area contributed by atoms with Gasteiger partial charge in [-0.1, -0.05) is 0 Å². The minimum Gasteiger partial charge on any atom is -0.465 e. The first-order chi connectivity index (χ1) is 16.3. The summed E-state index contributed by atoms with van der Waals surface area (Å²) in [6, 6.07) is 1.67. The molecule has 2 saturated carbocycles. The van der Waals surface area contributed by atoms with Crippen LogP contribution in [0, 0.1) is 19.8 Å². The number of aryl methyl sites for hydroxylation is 1. The molecule has 5 nitrogen and oxygen atoms in total. The van der Waals surface area contributed by atoms with E-state index in [1.54, 1.807) is 19.9 Å². The summed E-state index contributed by atoms with van der Waals surface area (Å²) in [5, 5.41) is 0. The third-order valence-electron chi connectivity index (χ3n) is 7.45. The van der Waals surface area contributed by atoms with Crippen LogP contribution in [0.15, 0.2) is 17.1 Å². The van der Waals surface area contributed by atoms with Crippen molar-refractivity contribution in [2.45, 2.75) is 76.3 Å². The largest absolute Gasteiger partial charge is 0.465 e. The maximum Gasteiger partial charge on any atom is 0.391 e. The van der Waals surface area contributed by atoms with Crippen molar-refractivity contribution in [1.82, 2.24) is 9.97 Å². The number of aromatic amines is 1. The van der Waals surface area contributed by atoms with Crippen LogP contribution in [-0.4, -0.2) is 35.1 Å². The van der Waals surface area contributed by atoms with Gasteiger partial charge in [0.05, 0.1) is 18.7 Å². The fourth-order valence-electron chi connectivity index (χ4n) is 5.17. The van der Waals surface area contributed by atoms with E-state index in [4.69, 9.17) is 4.74 Å². The van der Waals surface area contributed by atoms with E-state index in [0.29, 0.717) is 28.1 Å². The van der Waals surface area contributed by atoms with Gasteiger partial charge in [0.25, 0.3) is 0 Å². The zero-order valence-corrected chi connectivity index (χ0v) is 19.7. The van der Waals surface area contributed by atoms with Crippen LogP contribution >= 0.6 is 0 Å². The van der Waals surface area contributed by atoms with Crippen LogP contribution in [-0.2, 0) is 4.74 Å². The van der Waals surface area contributed by atoms with E-state index in [0.717, 1.165) is 7.11 Å². The van der Waals surface area contributed by atoms with Crippen LogP contribution in [0.4, 0.5) is 22.0 Å². The molecule has 0 atom stereocenters. The van der Waals surface area contributed by atoms with Crippen LogP contribution < -0.4 is 5.43 Å². The standard InChI is InChI=1S/C25H27F5N2O3/c1-12-13(2)32-21(20(22(12)33)23(34)35-3)18-11-31-19(15-9-24(26,27)10-15)8-17(18)14-4-6-16(7-5-14)25(28,29)30/h8,11,14-16H,4-7,9-10H2,1-3H3,(H,32,33). The molecule has 1 N–H and O–H groups in total. The third kappa shape index (κ3) is 4.84. The van der Waals surface area contributed by atoms with Crippen molar-refractivity contribution in [2.75, 3.05) is 7.11 Å². The van der Waals surface area contributed by atoms with Crippen LogP contribution in [0.3, 0.4) is 0 Å². The molecule has 2 aromatic rings. The highest BCUT2D eigenvalue weighted by atomic mass is 19.4. The lowest BCUT2D eigenvalue weighted by Crippen LogP contribution is -2.34. The van der Waals surface area contributed by atoms with Crippen molar-refractivity contribution >= 4 is 5.97 Å². The second kappa shape index (κ2) is 9.02. The van der Waals surface area contributed by atoms with Crippen molar-refractivity contribution in [3.63, 3.8) is 0 Å². The van der Waals surface area contributed by atoms with E-state index >= 15 is 0 Å². The highest BCUT2D eigenvalue weighted by Crippen LogP contribution is 2.50. The highest BCUT2D eigenvalue weighted by Gasteiger charge is 2.47. The van der Waals surface area contributed by atoms with Gasteiger partial charge >= 0.3 is 12.1 Å². The number of H-pyrrole nitrogens is 1. The average molecular weight is 498 g/mol. The van der Waals surface area contributed by atoms with Gasteiger partial charge in [0.1, 0.15) is 5.56 Å². The SMILES string of the molecule is COC(=O)c1c(-c2cnc(C3CC(F)(F)C3)cc2C2CCC(C(F)(F)F)CC2)[nH]c(C)c(C)c1=O. The Morgan fingerprint density at radius 3 is 2.29 bits per heavy atom. The smallest absolute Gasteiger partial charge is 0.391 e. The molecule has 2 aromatic heterocycles. The van der Waals surface area contributed by atoms with Gasteiger partial charge in [0.2, 0.25) is 5.92 Å². The number of carbonyl (C=O) groups is 1. The number of halogens is 5. The monoisotopic (exact) mass is 498 g/mol. The molecular formula is C25H27F5N2O3. The lowest BCUT2D eigenvalue weighted by Gasteiger charge is -2.36. The summed E-state index contributed by atoms with van der Waals surface area (Å²) in [6.45, 7) is 3.25. The summed E-state index contributed by atoms with van der Waals surface area (Å²) in [6.07, 6.45) is -3.15. The summed E-state index contributed by atoms with van der Waals surface area (Å²) < 4.78 is 71.6. The first-order valence-corrected chi connectivity index (χ1v) is 11.6. The Morgan fingerprint density at radius 2 is 1.74 bits per heavy atom. The van der Waals surface area contributed by atoms with Gasteiger partial charge in [-0.25, -0.2) is 13.6 Å². The molecule has 2 aliphatic rings. The van der Waals surface area contributed by atoms with Crippen molar-refractivity contribution in [3.05, 3.63) is 50.6 Å². The number of carbonyl (C=O) groups excluding carboxylic acids is 1. The molecule has 10 heteroatoms. The van der Waals surface area contributed by atoms with E-state index in [2.05, 4.69) is 9.97 Å². The number of hydrogen-bond acceptors (Lipinski definition) is 4. The summed E-state index contributed by atoms with van der Waals surface area (Å²) in [5.41, 5.74) is 1.75. The number of rotatable bonds is 4. The number of methoxy groups -OCH3 is 1. The lowest BCUT2D eigenvalue weighted by molar-refractivity contribution is -0.182. The van der Waals surface area contributed by atoms with Crippen LogP contribution in [0.5, 0.6) is 0 Å². The second-order valence-corrected chi connectivity index (χ2v) is 9.69. The van der Waals surface area contributed by atoms with E-state index < -0.39 is 35.3 Å². The zero-order valence-electron chi connectivity index (χ0n) is 19.7. The normalized spacial score (nSPS) is 22.5. The summed E-state index contributed by atoms with van der Waals surface area (Å²) in [7, 11) is 1.15. The third-order valence-corrected chi connectivity index (χ3v) is 7.45. The molecule has 2 heterocycles. The number of aromatic nitrogens is 2. The van der Waals surface area contributed by atoms with Gasteiger partial charge in [0.15, 0.2) is 5.43 Å². The quantitative estimate of drug-likeness (QED) is 0.403. The number of nitrogens with zero attached hydrogens (tertiary/aromatic N) is 1. The van der Waals surface area contributed by atoms with Crippen molar-refractivity contribution in [3.8, 4) is 11.3 Å². The first-order valence-electron chi connectivity index (χ1n) is 11.6. The molecule has 2 aliphatic carbocycles. The Morgan fingerprint density at radius 1 is 1.11 bits per heavy atom. The number of ether oxygens (including phenoxy) is 1. The summed E-state index contributed by atoms with van der Waals surface area (Å²) >= 11 is 0. The van der Waals surface area contributed by atoms with Gasteiger partial charge in [-0.3, -0.25) is 9.78 Å². The summed E-state index contributed by atoms with van der Waals surface area (Å²) in [4.78, 5) is 33.0. The average Bonchev–Trinajstić information content (AvgIpc) is 2.79. The predicted molar refractivity (Wildman–Crippen MR) is 119 cm³/mol. The Balaban J connectivity index is 1.82. The molecular weight excluding hydrogens is 471 g/mol. The van der Waals surface area contributed by atoms with Gasteiger partial charge in [0, 0.05) is 47.5 Å². The molecule has 0 aliphatic heterocycles. The number of pyridine rings is 2. The molecule has 0 radical (unpaired) electrons. The topological polar surface area (TPSA) is 72.0 Å². The molecule has 190 valence electrons. The second-order valence-electron chi connectivity index (χ2n) is 9.69. The minimum atomic E-state index is -4.27. The molecule has 0 bridgehead atoms. The molecule has 0 saturated heterocycles. The molecule has 35 heavy (non-hydrogen) atoms. The van der Waals surface area contributed by atoms with Gasteiger partial charge in [-0.05, 0) is 57.1 Å². The number of nitrogens with one attached hydrogen (secondary N) is 1. The molecule has 0 aromatic carbocycles. The number of esters is 1. The predicted octanol–water partition coefficient (Wildman–Crippen LogP) is 6.19. The molecule has 0 unspecified atom stereocenters. The Hall–Kier alpha value is -2.78. The van der Waals surface area contributed by atoms with Crippen LogP contribution in [0.25, 0.3) is 11.3 Å². The molecule has 2 fully saturated rings. The van der Waals surface area contributed by atoms with E-state index in [1.165, 1.54) is 6.20 Å². The number of hydrogen-bond donors (Lipinski definition) is 1. The molecule has 0 amide bonds. The van der Waals surface area contributed by atoms with Crippen LogP contribution in [0.1, 0.15) is 83.2 Å². The van der Waals surface area contributed by atoms with Gasteiger partial charge in [-0.2, -0.15) is 13.2 Å². The summed E-state index contributed by atoms with van der Waals surface area (Å²) in [5.74, 6) is -5.75. The maximum absolute atomic E-state index is 13.5. The van der Waals surface area contributed by atoms with E-state index in [9.17, 15) is 31.5 Å². The molecule has 0 spiro atoms. The Labute approximate surface area is 199 Å². The fraction of sp³-hybridized carbons (Fsp3) is 0.560. The van der Waals surface area contributed by atoms with Crippen molar-refractivity contribution < 1.29 is 31.5 Å². The van der Waals surface area contributed by atoms with Crippen molar-refractivity contribution in [2.24, 2.45) is 5.92 Å². The minimum absolute atomic E-state index is 0.0555. The van der Waals surface area contributed by atoms with E-state index in [1.807, 2.05) is 0 Å². The maximum atomic E-state index is 13.5. The molecule has 4 rings (SSSR count). The Kier molecular flexibility index (Phi) is 6.53. The van der Waals surface area contributed by atoms with Gasteiger partial charge < -0.3 is 9.72 Å². The number of alkyl halides is 5. The van der Waals surface area contributed by atoms with Crippen LogP contribution in [0.2, 0.25) is 0 Å². The first kappa shape index (κ1) is 25.3. The zero-order chi connectivity index (χ0) is 25.7. The lowest BCUT2D eigenvalue weighted by atomic mass is 9.74. The fourth-order valence-corrected chi connectivity index (χ4v) is 5.17. The Bertz CT molecular complexity index is 1190.